The zero-order valence-corrected chi connectivity index (χ0v) is 13.2. The van der Waals surface area contributed by atoms with Crippen molar-refractivity contribution in [1.82, 2.24) is 4.72 Å². The molecule has 0 aromatic heterocycles. The van der Waals surface area contributed by atoms with E-state index >= 15 is 0 Å². The molecule has 1 saturated heterocycles. The van der Waals surface area contributed by atoms with Crippen molar-refractivity contribution in [2.75, 3.05) is 25.5 Å². The van der Waals surface area contributed by atoms with Gasteiger partial charge in [0, 0.05) is 42.8 Å². The molecule has 1 heterocycles. The number of aliphatic hydroxyl groups is 1. The van der Waals surface area contributed by atoms with E-state index in [-0.39, 0.29) is 11.4 Å². The lowest BCUT2D eigenvalue weighted by molar-refractivity contribution is -0.0588. The van der Waals surface area contributed by atoms with Gasteiger partial charge in [0.1, 0.15) is 0 Å². The minimum Gasteiger partial charge on any atom is -0.398 e. The van der Waals surface area contributed by atoms with E-state index in [4.69, 9.17) is 10.5 Å². The summed E-state index contributed by atoms with van der Waals surface area (Å²) >= 11 is 3.19. The Hall–Kier alpha value is -0.670. The Balaban J connectivity index is 2.09. The lowest BCUT2D eigenvalue weighted by atomic mass is 9.95. The fraction of sp³-hybridized carbons (Fsp3) is 0.500. The summed E-state index contributed by atoms with van der Waals surface area (Å²) < 4.78 is 32.4. The van der Waals surface area contributed by atoms with E-state index in [0.717, 1.165) is 0 Å². The molecule has 1 aromatic carbocycles. The van der Waals surface area contributed by atoms with E-state index in [1.807, 2.05) is 0 Å². The second kappa shape index (κ2) is 5.98. The average Bonchev–Trinajstić information content (AvgIpc) is 2.41. The van der Waals surface area contributed by atoms with Crippen LogP contribution in [0.15, 0.2) is 27.6 Å². The minimum absolute atomic E-state index is 0.0271. The van der Waals surface area contributed by atoms with Gasteiger partial charge in [0.15, 0.2) is 0 Å². The molecule has 20 heavy (non-hydrogen) atoms. The molecule has 1 aromatic rings. The number of nitrogens with two attached hydrogens (primary N) is 1. The first-order valence-electron chi connectivity index (χ1n) is 6.17. The van der Waals surface area contributed by atoms with Crippen molar-refractivity contribution in [3.05, 3.63) is 22.7 Å². The normalized spacial score (nSPS) is 18.9. The zero-order valence-electron chi connectivity index (χ0n) is 10.8. The quantitative estimate of drug-likeness (QED) is 0.687. The fourth-order valence-corrected chi connectivity index (χ4v) is 3.59. The minimum atomic E-state index is -3.67. The van der Waals surface area contributed by atoms with Crippen molar-refractivity contribution in [3.63, 3.8) is 0 Å². The number of sulfonamides is 1. The lowest BCUT2D eigenvalue weighted by Gasteiger charge is -2.31. The van der Waals surface area contributed by atoms with Crippen LogP contribution in [0, 0.1) is 0 Å². The Morgan fingerprint density at radius 2 is 2.05 bits per heavy atom. The Labute approximate surface area is 126 Å². The summed E-state index contributed by atoms with van der Waals surface area (Å²) in [6.45, 7) is 0.845. The number of hydrogen-bond donors (Lipinski definition) is 3. The molecule has 0 spiro atoms. The molecule has 0 saturated carbocycles. The molecule has 0 unspecified atom stereocenters. The highest BCUT2D eigenvalue weighted by Gasteiger charge is 2.31. The highest BCUT2D eigenvalue weighted by atomic mass is 79.9. The average molecular weight is 365 g/mol. The van der Waals surface area contributed by atoms with E-state index in [9.17, 15) is 13.5 Å². The van der Waals surface area contributed by atoms with Crippen molar-refractivity contribution in [2.24, 2.45) is 0 Å². The summed E-state index contributed by atoms with van der Waals surface area (Å²) in [5, 5.41) is 10.2. The Bertz CT molecular complexity index is 585. The smallest absolute Gasteiger partial charge is 0.240 e. The van der Waals surface area contributed by atoms with Crippen LogP contribution in [0.2, 0.25) is 0 Å². The van der Waals surface area contributed by atoms with E-state index in [2.05, 4.69) is 20.7 Å². The third kappa shape index (κ3) is 3.70. The molecule has 112 valence electrons. The molecule has 4 N–H and O–H groups in total. The van der Waals surface area contributed by atoms with E-state index < -0.39 is 15.6 Å². The molecule has 0 bridgehead atoms. The number of hydrogen-bond acceptors (Lipinski definition) is 5. The molecule has 1 aliphatic heterocycles. The third-order valence-electron chi connectivity index (χ3n) is 3.30. The molecule has 1 fully saturated rings. The van der Waals surface area contributed by atoms with Gasteiger partial charge in [-0.2, -0.15) is 0 Å². The highest BCUT2D eigenvalue weighted by Crippen LogP contribution is 2.24. The van der Waals surface area contributed by atoms with Crippen LogP contribution in [0.25, 0.3) is 0 Å². The van der Waals surface area contributed by atoms with Crippen LogP contribution in [-0.4, -0.2) is 38.9 Å². The number of rotatable bonds is 4. The Morgan fingerprint density at radius 3 is 2.65 bits per heavy atom. The number of ether oxygens (including phenoxy) is 1. The zero-order chi connectivity index (χ0) is 14.8. The Kier molecular flexibility index (Phi) is 4.70. The topological polar surface area (TPSA) is 102 Å². The predicted molar refractivity (Wildman–Crippen MR) is 78.7 cm³/mol. The standard InChI is InChI=1S/C12H17BrN2O4S/c13-10-7-9(1-2-11(10)14)20(17,18)15-8-12(16)3-5-19-6-4-12/h1-2,7,15-16H,3-6,8,14H2. The molecule has 0 amide bonds. The molecule has 8 heteroatoms. The van der Waals surface area contributed by atoms with Crippen LogP contribution in [0.4, 0.5) is 5.69 Å². The van der Waals surface area contributed by atoms with E-state index in [1.54, 1.807) is 0 Å². The second-order valence-electron chi connectivity index (χ2n) is 4.84. The SMILES string of the molecule is Nc1ccc(S(=O)(=O)NCC2(O)CCOCC2)cc1Br. The third-order valence-corrected chi connectivity index (χ3v) is 5.38. The van der Waals surface area contributed by atoms with Gasteiger partial charge in [-0.3, -0.25) is 0 Å². The number of benzene rings is 1. The van der Waals surface area contributed by atoms with Crippen LogP contribution in [0.1, 0.15) is 12.8 Å². The van der Waals surface area contributed by atoms with Crippen LogP contribution < -0.4 is 10.5 Å². The predicted octanol–water partition coefficient (Wildman–Crippen LogP) is 0.851. The Morgan fingerprint density at radius 1 is 1.40 bits per heavy atom. The molecular formula is C12H17BrN2O4S. The summed E-state index contributed by atoms with van der Waals surface area (Å²) in [5.74, 6) is 0. The van der Waals surface area contributed by atoms with Gasteiger partial charge in [-0.15, -0.1) is 0 Å². The molecular weight excluding hydrogens is 348 g/mol. The fourth-order valence-electron chi connectivity index (χ4n) is 1.92. The van der Waals surface area contributed by atoms with Crippen molar-refractivity contribution in [3.8, 4) is 0 Å². The van der Waals surface area contributed by atoms with Gasteiger partial charge in [0.25, 0.3) is 0 Å². The van der Waals surface area contributed by atoms with E-state index in [0.29, 0.717) is 36.2 Å². The molecule has 1 aliphatic rings. The summed E-state index contributed by atoms with van der Waals surface area (Å²) in [4.78, 5) is 0.106. The van der Waals surface area contributed by atoms with Crippen LogP contribution in [0.5, 0.6) is 0 Å². The molecule has 0 aliphatic carbocycles. The number of halogens is 1. The molecule has 0 atom stereocenters. The van der Waals surface area contributed by atoms with Gasteiger partial charge in [-0.05, 0) is 34.1 Å². The van der Waals surface area contributed by atoms with Gasteiger partial charge in [-0.1, -0.05) is 0 Å². The maximum absolute atomic E-state index is 12.2. The maximum Gasteiger partial charge on any atom is 0.240 e. The molecule has 6 nitrogen and oxygen atoms in total. The maximum atomic E-state index is 12.2. The first-order valence-corrected chi connectivity index (χ1v) is 8.45. The van der Waals surface area contributed by atoms with Gasteiger partial charge < -0.3 is 15.6 Å². The number of anilines is 1. The van der Waals surface area contributed by atoms with Gasteiger partial charge >= 0.3 is 0 Å². The van der Waals surface area contributed by atoms with Crippen LogP contribution in [-0.2, 0) is 14.8 Å². The first kappa shape index (κ1) is 15.7. The number of nitrogen functional groups attached to an aromatic ring is 1. The first-order chi connectivity index (χ1) is 9.32. The second-order valence-corrected chi connectivity index (χ2v) is 7.47. The van der Waals surface area contributed by atoms with Crippen LogP contribution >= 0.6 is 15.9 Å². The number of nitrogens with one attached hydrogen (secondary N) is 1. The summed E-state index contributed by atoms with van der Waals surface area (Å²) in [5.41, 5.74) is 5.05. The summed E-state index contributed by atoms with van der Waals surface area (Å²) in [6.07, 6.45) is 0.835. The van der Waals surface area contributed by atoms with Crippen molar-refractivity contribution in [1.29, 1.82) is 0 Å². The molecule has 0 radical (unpaired) electrons. The van der Waals surface area contributed by atoms with Crippen molar-refractivity contribution in [2.45, 2.75) is 23.3 Å². The molecule has 2 rings (SSSR count). The highest BCUT2D eigenvalue weighted by molar-refractivity contribution is 9.10. The van der Waals surface area contributed by atoms with Crippen molar-refractivity contribution >= 4 is 31.6 Å². The van der Waals surface area contributed by atoms with Crippen molar-refractivity contribution < 1.29 is 18.3 Å². The largest absolute Gasteiger partial charge is 0.398 e. The van der Waals surface area contributed by atoms with Gasteiger partial charge in [0.05, 0.1) is 10.5 Å². The van der Waals surface area contributed by atoms with Crippen LogP contribution in [0.3, 0.4) is 0 Å². The van der Waals surface area contributed by atoms with Gasteiger partial charge in [0.2, 0.25) is 10.0 Å². The monoisotopic (exact) mass is 364 g/mol. The lowest BCUT2D eigenvalue weighted by Crippen LogP contribution is -2.46. The van der Waals surface area contributed by atoms with Gasteiger partial charge in [-0.25, -0.2) is 13.1 Å². The summed E-state index contributed by atoms with van der Waals surface area (Å²) in [7, 11) is -3.67. The summed E-state index contributed by atoms with van der Waals surface area (Å²) in [6, 6.07) is 4.38. The van der Waals surface area contributed by atoms with E-state index in [1.165, 1.54) is 18.2 Å².